The first-order valence-electron chi connectivity index (χ1n) is 16.7. The normalized spacial score (nSPS) is 18.6. The van der Waals surface area contributed by atoms with Crippen LogP contribution in [0.2, 0.25) is 0 Å². The number of nitrogens with zero attached hydrogens (tertiary/aromatic N) is 3. The number of anilines is 1. The van der Waals surface area contributed by atoms with E-state index in [4.69, 9.17) is 0 Å². The molecule has 2 fully saturated rings. The highest BCUT2D eigenvalue weighted by Crippen LogP contribution is 2.41. The van der Waals surface area contributed by atoms with Gasteiger partial charge in [-0.2, -0.15) is 10.2 Å². The summed E-state index contributed by atoms with van der Waals surface area (Å²) >= 11 is 0. The highest BCUT2D eigenvalue weighted by Gasteiger charge is 2.41. The SMILES string of the molecule is CCCCCN1CC(CC(F)(F)c2cccc([C@@H](C)Nc3cnnc4c(CCCC)cc(C5CCS(=O)(=O)CC5)cc34)c2F)C1. The van der Waals surface area contributed by atoms with Crippen molar-refractivity contribution < 1.29 is 21.6 Å². The van der Waals surface area contributed by atoms with Gasteiger partial charge in [0, 0.05) is 30.5 Å². The molecule has 0 bridgehead atoms. The zero-order valence-electron chi connectivity index (χ0n) is 26.8. The highest BCUT2D eigenvalue weighted by atomic mass is 32.2. The minimum absolute atomic E-state index is 0.118. The van der Waals surface area contributed by atoms with Crippen molar-refractivity contribution in [1.82, 2.24) is 15.1 Å². The van der Waals surface area contributed by atoms with Crippen molar-refractivity contribution in [2.24, 2.45) is 5.92 Å². The van der Waals surface area contributed by atoms with Crippen LogP contribution < -0.4 is 5.32 Å². The van der Waals surface area contributed by atoms with Gasteiger partial charge in [0.1, 0.15) is 15.7 Å². The predicted octanol–water partition coefficient (Wildman–Crippen LogP) is 8.18. The standard InChI is InChI=1S/C35H47F3N4O2S/c1-4-6-8-15-42-22-25(23-42)20-35(37,38)31-12-9-11-29(33(31)36)24(3)40-32-21-39-41-34-27(10-7-5-2)18-28(19-30(32)34)26-13-16-45(43,44)17-14-26/h9,11-12,18-19,21,24-26H,4-8,10,13-17,20,22-23H2,1-3H3,(H,40,41)/t24-/m1/s1. The highest BCUT2D eigenvalue weighted by molar-refractivity contribution is 7.91. The summed E-state index contributed by atoms with van der Waals surface area (Å²) in [6, 6.07) is 7.85. The van der Waals surface area contributed by atoms with Crippen molar-refractivity contribution in [1.29, 1.82) is 0 Å². The fourth-order valence-corrected chi connectivity index (χ4v) is 8.40. The molecule has 3 heterocycles. The molecular weight excluding hydrogens is 597 g/mol. The summed E-state index contributed by atoms with van der Waals surface area (Å²) in [6.07, 6.45) is 8.51. The number of halogens is 3. The lowest BCUT2D eigenvalue weighted by atomic mass is 9.88. The Morgan fingerprint density at radius 2 is 1.80 bits per heavy atom. The van der Waals surface area contributed by atoms with Gasteiger partial charge in [0.25, 0.3) is 5.92 Å². The maximum Gasteiger partial charge on any atom is 0.276 e. The fourth-order valence-electron chi connectivity index (χ4n) is 6.91. The second kappa shape index (κ2) is 14.4. The molecule has 45 heavy (non-hydrogen) atoms. The molecule has 0 radical (unpaired) electrons. The second-order valence-corrected chi connectivity index (χ2v) is 15.5. The first kappa shape index (κ1) is 33.6. The number of sulfone groups is 1. The molecule has 0 spiro atoms. The fraction of sp³-hybridized carbons (Fsp3) is 0.600. The number of hydrogen-bond acceptors (Lipinski definition) is 6. The van der Waals surface area contributed by atoms with E-state index in [-0.39, 0.29) is 35.3 Å². The van der Waals surface area contributed by atoms with Crippen molar-refractivity contribution in [3.05, 3.63) is 64.6 Å². The number of benzene rings is 2. The smallest absolute Gasteiger partial charge is 0.276 e. The quantitative estimate of drug-likeness (QED) is 0.179. The van der Waals surface area contributed by atoms with Gasteiger partial charge in [-0.3, -0.25) is 0 Å². The molecule has 1 aromatic heterocycles. The summed E-state index contributed by atoms with van der Waals surface area (Å²) in [5, 5.41) is 12.9. The van der Waals surface area contributed by atoms with Crippen molar-refractivity contribution in [3.8, 4) is 0 Å². The Kier molecular flexibility index (Phi) is 10.7. The first-order chi connectivity index (χ1) is 21.5. The molecule has 2 saturated heterocycles. The molecule has 0 amide bonds. The van der Waals surface area contributed by atoms with Gasteiger partial charge in [0.15, 0.2) is 0 Å². The van der Waals surface area contributed by atoms with Gasteiger partial charge in [-0.05, 0) is 74.6 Å². The van der Waals surface area contributed by atoms with E-state index in [0.717, 1.165) is 67.1 Å². The number of unbranched alkanes of at least 4 members (excludes halogenated alkanes) is 3. The Balaban J connectivity index is 1.37. The van der Waals surface area contributed by atoms with E-state index in [9.17, 15) is 8.42 Å². The topological polar surface area (TPSA) is 75.2 Å². The molecule has 10 heteroatoms. The number of aryl methyl sites for hydroxylation is 1. The number of aromatic nitrogens is 2. The number of likely N-dealkylation sites (tertiary alicyclic amines) is 1. The monoisotopic (exact) mass is 644 g/mol. The molecule has 246 valence electrons. The summed E-state index contributed by atoms with van der Waals surface area (Å²) < 4.78 is 71.0. The lowest BCUT2D eigenvalue weighted by molar-refractivity contribution is -0.0592. The first-order valence-corrected chi connectivity index (χ1v) is 18.5. The maximum absolute atomic E-state index is 15.9. The van der Waals surface area contributed by atoms with Gasteiger partial charge in [0.05, 0.1) is 40.5 Å². The number of alkyl halides is 2. The Morgan fingerprint density at radius 3 is 2.51 bits per heavy atom. The summed E-state index contributed by atoms with van der Waals surface area (Å²) in [7, 11) is -3.00. The Hall–Kier alpha value is -2.72. The average molecular weight is 645 g/mol. The van der Waals surface area contributed by atoms with E-state index in [1.165, 1.54) is 12.1 Å². The predicted molar refractivity (Wildman–Crippen MR) is 175 cm³/mol. The molecule has 6 nitrogen and oxygen atoms in total. The molecule has 2 aliphatic heterocycles. The summed E-state index contributed by atoms with van der Waals surface area (Å²) in [5.74, 6) is -3.81. The molecule has 0 saturated carbocycles. The molecule has 0 unspecified atom stereocenters. The van der Waals surface area contributed by atoms with Gasteiger partial charge < -0.3 is 10.2 Å². The van der Waals surface area contributed by atoms with E-state index in [2.05, 4.69) is 40.3 Å². The van der Waals surface area contributed by atoms with E-state index in [1.54, 1.807) is 19.2 Å². The van der Waals surface area contributed by atoms with Crippen LogP contribution in [-0.2, 0) is 22.2 Å². The lowest BCUT2D eigenvalue weighted by Crippen LogP contribution is -2.48. The molecule has 5 rings (SSSR count). The molecule has 1 atom stereocenters. The van der Waals surface area contributed by atoms with E-state index in [0.29, 0.717) is 31.6 Å². The summed E-state index contributed by atoms with van der Waals surface area (Å²) in [6.45, 7) is 8.25. The third-order valence-corrected chi connectivity index (χ3v) is 11.3. The largest absolute Gasteiger partial charge is 0.377 e. The number of rotatable bonds is 14. The zero-order valence-corrected chi connectivity index (χ0v) is 27.6. The lowest BCUT2D eigenvalue weighted by Gasteiger charge is -2.41. The summed E-state index contributed by atoms with van der Waals surface area (Å²) in [5.41, 5.74) is 3.13. The molecule has 2 aromatic carbocycles. The van der Waals surface area contributed by atoms with Crippen LogP contribution in [0.1, 0.15) is 106 Å². The van der Waals surface area contributed by atoms with Crippen LogP contribution in [0, 0.1) is 11.7 Å². The molecule has 0 aliphatic carbocycles. The third kappa shape index (κ3) is 7.99. The van der Waals surface area contributed by atoms with Crippen LogP contribution in [0.4, 0.5) is 18.9 Å². The van der Waals surface area contributed by atoms with Gasteiger partial charge >= 0.3 is 0 Å². The van der Waals surface area contributed by atoms with Gasteiger partial charge in [-0.15, -0.1) is 0 Å². The van der Waals surface area contributed by atoms with Crippen LogP contribution in [-0.4, -0.2) is 54.7 Å². The van der Waals surface area contributed by atoms with E-state index < -0.39 is 33.2 Å². The minimum Gasteiger partial charge on any atom is -0.377 e. The maximum atomic E-state index is 15.9. The van der Waals surface area contributed by atoms with Gasteiger partial charge in [-0.1, -0.05) is 57.4 Å². The Morgan fingerprint density at radius 1 is 1.07 bits per heavy atom. The number of nitrogens with one attached hydrogen (secondary N) is 1. The summed E-state index contributed by atoms with van der Waals surface area (Å²) in [4.78, 5) is 2.21. The number of hydrogen-bond donors (Lipinski definition) is 1. The molecule has 3 aromatic rings. The van der Waals surface area contributed by atoms with Crippen LogP contribution >= 0.6 is 0 Å². The van der Waals surface area contributed by atoms with Crippen molar-refractivity contribution in [3.63, 3.8) is 0 Å². The second-order valence-electron chi connectivity index (χ2n) is 13.2. The van der Waals surface area contributed by atoms with Crippen LogP contribution in [0.5, 0.6) is 0 Å². The zero-order chi connectivity index (χ0) is 32.2. The van der Waals surface area contributed by atoms with E-state index >= 15 is 13.2 Å². The molecule has 1 N–H and O–H groups in total. The number of fused-ring (bicyclic) bond motifs is 1. The van der Waals surface area contributed by atoms with Crippen LogP contribution in [0.15, 0.2) is 36.5 Å². The molecular formula is C35H47F3N4O2S. The Bertz CT molecular complexity index is 1560. The van der Waals surface area contributed by atoms with Crippen molar-refractivity contribution >= 4 is 26.4 Å². The van der Waals surface area contributed by atoms with Crippen molar-refractivity contribution in [2.75, 3.05) is 36.5 Å². The Labute approximate surface area is 266 Å². The van der Waals surface area contributed by atoms with Crippen molar-refractivity contribution in [2.45, 2.75) is 96.4 Å². The van der Waals surface area contributed by atoms with Gasteiger partial charge in [-0.25, -0.2) is 21.6 Å². The molecule has 2 aliphatic rings. The van der Waals surface area contributed by atoms with Gasteiger partial charge in [0.2, 0.25) is 0 Å². The van der Waals surface area contributed by atoms with E-state index in [1.807, 2.05) is 6.07 Å². The van der Waals surface area contributed by atoms with Crippen LogP contribution in [0.3, 0.4) is 0 Å². The minimum atomic E-state index is -3.26. The van der Waals surface area contributed by atoms with Crippen LogP contribution in [0.25, 0.3) is 10.9 Å². The third-order valence-electron chi connectivity index (χ3n) is 9.59. The average Bonchev–Trinajstić information content (AvgIpc) is 2.98.